The predicted octanol–water partition coefficient (Wildman–Crippen LogP) is 4.70. The Kier molecular flexibility index (Phi) is 7.12. The molecule has 2 amide bonds. The molecule has 2 atom stereocenters. The summed E-state index contributed by atoms with van der Waals surface area (Å²) in [6.45, 7) is 7.70. The molecule has 1 heterocycles. The highest BCUT2D eigenvalue weighted by molar-refractivity contribution is 8.00. The number of nitrogens with one attached hydrogen (secondary N) is 1. The average Bonchev–Trinajstić information content (AvgIpc) is 3.30. The van der Waals surface area contributed by atoms with Gasteiger partial charge >= 0.3 is 12.1 Å². The molecule has 2 N–H and O–H groups in total. The van der Waals surface area contributed by atoms with Gasteiger partial charge in [-0.25, -0.2) is 9.59 Å². The minimum atomic E-state index is -1.04. The molecule has 7 nitrogen and oxygen atoms in total. The van der Waals surface area contributed by atoms with Gasteiger partial charge in [0.25, 0.3) is 0 Å². The van der Waals surface area contributed by atoms with Crippen molar-refractivity contribution in [3.63, 3.8) is 0 Å². The number of carboxylic acid groups (broad SMARTS) is 1. The summed E-state index contributed by atoms with van der Waals surface area (Å²) in [4.78, 5) is 39.5. The maximum atomic E-state index is 13.4. The van der Waals surface area contributed by atoms with Crippen molar-refractivity contribution in [2.75, 3.05) is 12.5 Å². The number of alkyl carbamates (subject to hydrolysis) is 1. The molecule has 2 aromatic rings. The van der Waals surface area contributed by atoms with Gasteiger partial charge in [0.15, 0.2) is 0 Å². The van der Waals surface area contributed by atoms with E-state index in [-0.39, 0.29) is 24.3 Å². The van der Waals surface area contributed by atoms with E-state index in [0.717, 1.165) is 22.3 Å². The fraction of sp³-hybridized carbons (Fsp3) is 0.444. The normalized spacial score (nSPS) is 19.2. The Balaban J connectivity index is 1.46. The number of carbonyl (C=O) groups is 3. The van der Waals surface area contributed by atoms with Gasteiger partial charge in [-0.3, -0.25) is 4.79 Å². The van der Waals surface area contributed by atoms with Gasteiger partial charge < -0.3 is 20.1 Å². The Bertz CT molecular complexity index is 1090. The Morgan fingerprint density at radius 3 is 2.20 bits per heavy atom. The first-order chi connectivity index (χ1) is 16.6. The Morgan fingerprint density at radius 2 is 1.66 bits per heavy atom. The third-order valence-electron chi connectivity index (χ3n) is 6.70. The first kappa shape index (κ1) is 25.1. The van der Waals surface area contributed by atoms with E-state index in [4.69, 9.17) is 4.74 Å². The molecule has 1 aliphatic heterocycles. The highest BCUT2D eigenvalue weighted by atomic mass is 32.2. The van der Waals surface area contributed by atoms with E-state index in [2.05, 4.69) is 17.4 Å². The van der Waals surface area contributed by atoms with Crippen LogP contribution in [0.5, 0.6) is 0 Å². The molecule has 1 saturated heterocycles. The number of amides is 2. The molecule has 2 aromatic carbocycles. The van der Waals surface area contributed by atoms with E-state index in [1.54, 1.807) is 0 Å². The molecule has 0 saturated carbocycles. The van der Waals surface area contributed by atoms with Crippen molar-refractivity contribution in [1.82, 2.24) is 10.2 Å². The molecule has 0 bridgehead atoms. The summed E-state index contributed by atoms with van der Waals surface area (Å²) in [5, 5.41) is 12.5. The Labute approximate surface area is 210 Å². The summed E-state index contributed by atoms with van der Waals surface area (Å²) in [7, 11) is 0. The molecular formula is C27H32N2O5S. The van der Waals surface area contributed by atoms with Crippen LogP contribution in [0.3, 0.4) is 0 Å². The van der Waals surface area contributed by atoms with E-state index in [1.165, 1.54) is 16.7 Å². The van der Waals surface area contributed by atoms with Crippen molar-refractivity contribution in [2.24, 2.45) is 5.92 Å². The lowest BCUT2D eigenvalue weighted by Gasteiger charge is -2.31. The van der Waals surface area contributed by atoms with Crippen molar-refractivity contribution >= 4 is 29.7 Å². The quantitative estimate of drug-likeness (QED) is 0.577. The zero-order valence-corrected chi connectivity index (χ0v) is 21.3. The van der Waals surface area contributed by atoms with E-state index < -0.39 is 34.8 Å². The van der Waals surface area contributed by atoms with Crippen LogP contribution in [0.25, 0.3) is 11.1 Å². The monoisotopic (exact) mass is 496 g/mol. The Morgan fingerprint density at radius 1 is 1.09 bits per heavy atom. The van der Waals surface area contributed by atoms with E-state index >= 15 is 0 Å². The minimum absolute atomic E-state index is 0.0837. The molecule has 0 radical (unpaired) electrons. The van der Waals surface area contributed by atoms with Crippen LogP contribution in [-0.2, 0) is 14.3 Å². The summed E-state index contributed by atoms with van der Waals surface area (Å²) in [6.07, 6.45) is -0.291. The number of benzene rings is 2. The lowest BCUT2D eigenvalue weighted by Crippen LogP contribution is -2.55. The Hall–Kier alpha value is -3.00. The maximum absolute atomic E-state index is 13.4. The van der Waals surface area contributed by atoms with Crippen LogP contribution < -0.4 is 5.32 Å². The van der Waals surface area contributed by atoms with Crippen molar-refractivity contribution in [1.29, 1.82) is 0 Å². The number of ether oxygens (including phenoxy) is 1. The molecule has 186 valence electrons. The van der Waals surface area contributed by atoms with Crippen LogP contribution in [-0.4, -0.2) is 57.3 Å². The van der Waals surface area contributed by atoms with Crippen molar-refractivity contribution in [3.8, 4) is 11.1 Å². The van der Waals surface area contributed by atoms with Gasteiger partial charge in [0, 0.05) is 10.7 Å². The van der Waals surface area contributed by atoms with Crippen molar-refractivity contribution < 1.29 is 24.2 Å². The fourth-order valence-electron chi connectivity index (χ4n) is 5.06. The second kappa shape index (κ2) is 9.93. The van der Waals surface area contributed by atoms with Gasteiger partial charge in [-0.05, 0) is 48.4 Å². The van der Waals surface area contributed by atoms with E-state index in [9.17, 15) is 19.5 Å². The smallest absolute Gasteiger partial charge is 0.407 e. The number of hydrogen-bond donors (Lipinski definition) is 2. The molecule has 1 aliphatic carbocycles. The third-order valence-corrected chi connectivity index (χ3v) is 8.08. The first-order valence-corrected chi connectivity index (χ1v) is 12.9. The van der Waals surface area contributed by atoms with Crippen LogP contribution in [0.4, 0.5) is 4.79 Å². The van der Waals surface area contributed by atoms with Gasteiger partial charge in [0.1, 0.15) is 18.7 Å². The van der Waals surface area contributed by atoms with Crippen LogP contribution in [0.1, 0.15) is 51.2 Å². The average molecular weight is 497 g/mol. The lowest BCUT2D eigenvalue weighted by atomic mass is 9.98. The van der Waals surface area contributed by atoms with Crippen LogP contribution in [0, 0.1) is 5.92 Å². The zero-order chi connectivity index (χ0) is 25.3. The van der Waals surface area contributed by atoms with Gasteiger partial charge in [0.2, 0.25) is 5.91 Å². The number of carbonyl (C=O) groups excluding carboxylic acids is 2. The predicted molar refractivity (Wildman–Crippen MR) is 136 cm³/mol. The molecular weight excluding hydrogens is 464 g/mol. The summed E-state index contributed by atoms with van der Waals surface area (Å²) in [5.41, 5.74) is 4.49. The molecule has 1 fully saturated rings. The summed E-state index contributed by atoms with van der Waals surface area (Å²) >= 11 is 1.42. The third kappa shape index (κ3) is 5.03. The van der Waals surface area contributed by atoms with Gasteiger partial charge in [-0.2, -0.15) is 0 Å². The second-order valence-corrected chi connectivity index (χ2v) is 11.7. The highest BCUT2D eigenvalue weighted by Gasteiger charge is 2.49. The number of fused-ring (bicyclic) bond motifs is 3. The first-order valence-electron chi connectivity index (χ1n) is 11.9. The van der Waals surface area contributed by atoms with E-state index in [0.29, 0.717) is 6.42 Å². The van der Waals surface area contributed by atoms with E-state index in [1.807, 2.05) is 64.1 Å². The standard InChI is InChI=1S/C27H32N2O5S/c1-16(2)13-22(24(30)29-15-35-27(3,4)23(29)25(31)32)28-26(33)34-14-21-19-11-7-5-9-17(19)18-10-6-8-12-20(18)21/h5-12,16,21-23H,13-15H2,1-4H3,(H,28,33)(H,31,32)/t22-,23+/m0/s1. The molecule has 0 spiro atoms. The summed E-state index contributed by atoms with van der Waals surface area (Å²) in [5.74, 6) is -1.14. The largest absolute Gasteiger partial charge is 0.480 e. The molecule has 2 aliphatic rings. The second-order valence-electron chi connectivity index (χ2n) is 10.1. The van der Waals surface area contributed by atoms with Crippen molar-refractivity contribution in [3.05, 3.63) is 59.7 Å². The maximum Gasteiger partial charge on any atom is 0.407 e. The number of rotatable bonds is 7. The molecule has 35 heavy (non-hydrogen) atoms. The van der Waals surface area contributed by atoms with Crippen LogP contribution >= 0.6 is 11.8 Å². The molecule has 0 aromatic heterocycles. The number of hydrogen-bond acceptors (Lipinski definition) is 5. The molecule has 4 rings (SSSR count). The summed E-state index contributed by atoms with van der Waals surface area (Å²) < 4.78 is 5.02. The number of aliphatic carboxylic acids is 1. The zero-order valence-electron chi connectivity index (χ0n) is 20.5. The number of thioether (sulfide) groups is 1. The summed E-state index contributed by atoms with van der Waals surface area (Å²) in [6, 6.07) is 14.4. The van der Waals surface area contributed by atoms with Crippen LogP contribution in [0.15, 0.2) is 48.5 Å². The fourth-order valence-corrected chi connectivity index (χ4v) is 6.20. The number of nitrogens with zero attached hydrogens (tertiary/aromatic N) is 1. The lowest BCUT2D eigenvalue weighted by molar-refractivity contribution is -0.150. The molecule has 8 heteroatoms. The van der Waals surface area contributed by atoms with Crippen LogP contribution in [0.2, 0.25) is 0 Å². The van der Waals surface area contributed by atoms with Crippen molar-refractivity contribution in [2.45, 2.75) is 56.9 Å². The number of carboxylic acids is 1. The SMILES string of the molecule is CC(C)C[C@H](NC(=O)OCC1c2ccccc2-c2ccccc21)C(=O)N1CSC(C)(C)[C@H]1C(=O)O. The van der Waals surface area contributed by atoms with Gasteiger partial charge in [-0.1, -0.05) is 62.4 Å². The molecule has 0 unspecified atom stereocenters. The topological polar surface area (TPSA) is 95.9 Å². The highest BCUT2D eigenvalue weighted by Crippen LogP contribution is 2.44. The van der Waals surface area contributed by atoms with Gasteiger partial charge in [0.05, 0.1) is 5.88 Å². The van der Waals surface area contributed by atoms with Gasteiger partial charge in [-0.15, -0.1) is 11.8 Å². The minimum Gasteiger partial charge on any atom is -0.480 e.